The lowest BCUT2D eigenvalue weighted by Gasteiger charge is -2.27. The largest absolute Gasteiger partial charge is 0.393 e. The maximum absolute atomic E-state index is 9.56. The smallest absolute Gasteiger partial charge is 0.191 e. The molecule has 20 heavy (non-hydrogen) atoms. The second kappa shape index (κ2) is 7.84. The minimum absolute atomic E-state index is 0.0957. The van der Waals surface area contributed by atoms with E-state index in [1.165, 1.54) is 19.5 Å². The Kier molecular flexibility index (Phi) is 6.10. The molecule has 1 saturated heterocycles. The van der Waals surface area contributed by atoms with Crippen LogP contribution >= 0.6 is 0 Å². The van der Waals surface area contributed by atoms with Crippen molar-refractivity contribution < 1.29 is 5.11 Å². The fraction of sp³-hybridized carbons (Fsp3) is 0.933. The maximum Gasteiger partial charge on any atom is 0.191 e. The molecule has 2 aliphatic rings. The van der Waals surface area contributed by atoms with E-state index in [0.29, 0.717) is 12.0 Å². The lowest BCUT2D eigenvalue weighted by molar-refractivity contribution is 0.120. The third-order valence-electron chi connectivity index (χ3n) is 4.38. The van der Waals surface area contributed by atoms with Gasteiger partial charge in [0.05, 0.1) is 6.10 Å². The number of hydrogen-bond donors (Lipinski definition) is 3. The van der Waals surface area contributed by atoms with Gasteiger partial charge in [-0.3, -0.25) is 4.99 Å². The van der Waals surface area contributed by atoms with Crippen molar-refractivity contribution in [1.82, 2.24) is 15.5 Å². The Hall–Kier alpha value is -0.810. The normalized spacial score (nSPS) is 32.4. The molecule has 5 heteroatoms. The summed E-state index contributed by atoms with van der Waals surface area (Å²) < 4.78 is 0. The number of aliphatic imine (C=N–C) groups is 1. The quantitative estimate of drug-likeness (QED) is 0.527. The van der Waals surface area contributed by atoms with Crippen molar-refractivity contribution in [3.05, 3.63) is 0 Å². The van der Waals surface area contributed by atoms with E-state index in [1.54, 1.807) is 0 Å². The first-order chi connectivity index (χ1) is 9.67. The minimum Gasteiger partial charge on any atom is -0.393 e. The van der Waals surface area contributed by atoms with E-state index in [4.69, 9.17) is 4.99 Å². The number of aliphatic hydroxyl groups excluding tert-OH is 1. The molecule has 0 aromatic carbocycles. The fourth-order valence-corrected chi connectivity index (χ4v) is 3.13. The molecule has 1 atom stereocenters. The number of likely N-dealkylation sites (tertiary alicyclic amines) is 1. The Morgan fingerprint density at radius 3 is 2.60 bits per heavy atom. The third-order valence-corrected chi connectivity index (χ3v) is 4.38. The highest BCUT2D eigenvalue weighted by molar-refractivity contribution is 5.80. The summed E-state index contributed by atoms with van der Waals surface area (Å²) in [5.74, 6) is 1.65. The third kappa shape index (κ3) is 4.94. The van der Waals surface area contributed by atoms with Gasteiger partial charge in [0.15, 0.2) is 5.96 Å². The molecule has 0 aromatic rings. The summed E-state index contributed by atoms with van der Waals surface area (Å²) >= 11 is 0. The molecule has 0 bridgehead atoms. The SMILES string of the molecule is CCNC(=NCC1CCN(C)C1)NC1CCC(O)CC1. The summed E-state index contributed by atoms with van der Waals surface area (Å²) in [4.78, 5) is 7.13. The molecule has 0 radical (unpaired) electrons. The summed E-state index contributed by atoms with van der Waals surface area (Å²) in [6.07, 6.45) is 5.06. The number of aliphatic hydroxyl groups is 1. The van der Waals surface area contributed by atoms with Gasteiger partial charge in [-0.2, -0.15) is 0 Å². The molecule has 3 N–H and O–H groups in total. The molecular formula is C15H30N4O. The average Bonchev–Trinajstić information content (AvgIpc) is 2.85. The van der Waals surface area contributed by atoms with Crippen molar-refractivity contribution in [2.24, 2.45) is 10.9 Å². The minimum atomic E-state index is -0.0957. The molecule has 1 saturated carbocycles. The van der Waals surface area contributed by atoms with Crippen molar-refractivity contribution >= 4 is 5.96 Å². The van der Waals surface area contributed by atoms with Crippen molar-refractivity contribution in [3.8, 4) is 0 Å². The first-order valence-corrected chi connectivity index (χ1v) is 8.08. The van der Waals surface area contributed by atoms with Crippen LogP contribution in [-0.2, 0) is 0 Å². The zero-order valence-electron chi connectivity index (χ0n) is 12.9. The number of nitrogens with one attached hydrogen (secondary N) is 2. The first-order valence-electron chi connectivity index (χ1n) is 8.08. The molecule has 2 fully saturated rings. The van der Waals surface area contributed by atoms with Crippen LogP contribution in [0, 0.1) is 5.92 Å². The lowest BCUT2D eigenvalue weighted by Crippen LogP contribution is -2.45. The van der Waals surface area contributed by atoms with Crippen LogP contribution in [0.1, 0.15) is 39.0 Å². The molecular weight excluding hydrogens is 252 g/mol. The monoisotopic (exact) mass is 282 g/mol. The summed E-state index contributed by atoms with van der Waals surface area (Å²) in [6, 6.07) is 0.461. The highest BCUT2D eigenvalue weighted by Gasteiger charge is 2.21. The Labute approximate surface area is 122 Å². The number of hydrogen-bond acceptors (Lipinski definition) is 3. The predicted octanol–water partition coefficient (Wildman–Crippen LogP) is 0.797. The van der Waals surface area contributed by atoms with Gasteiger partial charge >= 0.3 is 0 Å². The molecule has 0 spiro atoms. The van der Waals surface area contributed by atoms with E-state index < -0.39 is 0 Å². The Morgan fingerprint density at radius 1 is 1.25 bits per heavy atom. The molecule has 5 nitrogen and oxygen atoms in total. The summed E-state index contributed by atoms with van der Waals surface area (Å²) in [7, 11) is 2.18. The van der Waals surface area contributed by atoms with Gasteiger partial charge in [0.25, 0.3) is 0 Å². The number of guanidine groups is 1. The van der Waals surface area contributed by atoms with Gasteiger partial charge in [0.1, 0.15) is 0 Å². The first kappa shape index (κ1) is 15.6. The van der Waals surface area contributed by atoms with Crippen molar-refractivity contribution in [2.75, 3.05) is 33.2 Å². The van der Waals surface area contributed by atoms with Crippen LogP contribution in [0.5, 0.6) is 0 Å². The maximum atomic E-state index is 9.56. The van der Waals surface area contributed by atoms with E-state index in [1.807, 2.05) is 0 Å². The van der Waals surface area contributed by atoms with Crippen LogP contribution in [0.4, 0.5) is 0 Å². The van der Waals surface area contributed by atoms with Gasteiger partial charge in [0, 0.05) is 25.7 Å². The summed E-state index contributed by atoms with van der Waals surface area (Å²) in [6.45, 7) is 6.27. The van der Waals surface area contributed by atoms with E-state index in [9.17, 15) is 5.11 Å². The van der Waals surface area contributed by atoms with Gasteiger partial charge in [-0.1, -0.05) is 0 Å². The molecule has 0 aromatic heterocycles. The highest BCUT2D eigenvalue weighted by atomic mass is 16.3. The van der Waals surface area contributed by atoms with Crippen LogP contribution < -0.4 is 10.6 Å². The number of rotatable bonds is 4. The highest BCUT2D eigenvalue weighted by Crippen LogP contribution is 2.18. The lowest BCUT2D eigenvalue weighted by atomic mass is 9.93. The molecule has 116 valence electrons. The summed E-state index contributed by atoms with van der Waals surface area (Å²) in [5, 5.41) is 16.4. The molecule has 1 heterocycles. The standard InChI is InChI=1S/C15H30N4O/c1-3-16-15(17-10-12-8-9-19(2)11-12)18-13-4-6-14(20)7-5-13/h12-14,20H,3-11H2,1-2H3,(H2,16,17,18). The van der Waals surface area contributed by atoms with E-state index in [2.05, 4.69) is 29.5 Å². The average molecular weight is 282 g/mol. The van der Waals surface area contributed by atoms with Crippen LogP contribution in [-0.4, -0.2) is 61.3 Å². The summed E-state index contributed by atoms with van der Waals surface area (Å²) in [5.41, 5.74) is 0. The Balaban J connectivity index is 1.79. The van der Waals surface area contributed by atoms with Crippen molar-refractivity contribution in [1.29, 1.82) is 0 Å². The second-order valence-electron chi connectivity index (χ2n) is 6.29. The molecule has 1 aliphatic heterocycles. The van der Waals surface area contributed by atoms with E-state index in [0.717, 1.165) is 44.7 Å². The van der Waals surface area contributed by atoms with Gasteiger partial charge in [-0.05, 0) is 58.5 Å². The fourth-order valence-electron chi connectivity index (χ4n) is 3.13. The predicted molar refractivity (Wildman–Crippen MR) is 83.0 cm³/mol. The van der Waals surface area contributed by atoms with Gasteiger partial charge in [-0.25, -0.2) is 0 Å². The van der Waals surface area contributed by atoms with Crippen LogP contribution in [0.3, 0.4) is 0 Å². The molecule has 1 aliphatic carbocycles. The van der Waals surface area contributed by atoms with Gasteiger partial charge in [0.2, 0.25) is 0 Å². The Bertz CT molecular complexity index is 313. The number of nitrogens with zero attached hydrogens (tertiary/aromatic N) is 2. The second-order valence-corrected chi connectivity index (χ2v) is 6.29. The zero-order valence-corrected chi connectivity index (χ0v) is 12.9. The van der Waals surface area contributed by atoms with Gasteiger partial charge < -0.3 is 20.6 Å². The molecule has 2 rings (SSSR count). The molecule has 0 amide bonds. The van der Waals surface area contributed by atoms with Gasteiger partial charge in [-0.15, -0.1) is 0 Å². The zero-order chi connectivity index (χ0) is 14.4. The Morgan fingerprint density at radius 2 is 2.00 bits per heavy atom. The molecule has 1 unspecified atom stereocenters. The van der Waals surface area contributed by atoms with Crippen molar-refractivity contribution in [2.45, 2.75) is 51.2 Å². The topological polar surface area (TPSA) is 59.9 Å². The van der Waals surface area contributed by atoms with E-state index in [-0.39, 0.29) is 6.10 Å². The van der Waals surface area contributed by atoms with Crippen molar-refractivity contribution in [3.63, 3.8) is 0 Å². The van der Waals surface area contributed by atoms with E-state index >= 15 is 0 Å². The van der Waals surface area contributed by atoms with Crippen LogP contribution in [0.25, 0.3) is 0 Å². The van der Waals surface area contributed by atoms with Crippen LogP contribution in [0.15, 0.2) is 4.99 Å². The van der Waals surface area contributed by atoms with Crippen LogP contribution in [0.2, 0.25) is 0 Å².